The first kappa shape index (κ1) is 45.5. The van der Waals surface area contributed by atoms with E-state index in [0.29, 0.717) is 6.42 Å². The molecule has 0 heterocycles. The number of carbonyl (C=O) groups excluding carboxylic acids is 2. The third-order valence-electron chi connectivity index (χ3n) is 7.81. The van der Waals surface area contributed by atoms with E-state index in [9.17, 15) is 19.0 Å². The van der Waals surface area contributed by atoms with Gasteiger partial charge in [0.1, 0.15) is 6.61 Å². The second kappa shape index (κ2) is 34.4. The van der Waals surface area contributed by atoms with Gasteiger partial charge < -0.3 is 20.1 Å². The summed E-state index contributed by atoms with van der Waals surface area (Å²) < 4.78 is 32.6. The van der Waals surface area contributed by atoms with Gasteiger partial charge in [0.2, 0.25) is 0 Å². The fourth-order valence-electron chi connectivity index (χ4n) is 4.96. The van der Waals surface area contributed by atoms with Crippen molar-refractivity contribution in [3.63, 3.8) is 0 Å². The fourth-order valence-corrected chi connectivity index (χ4v) is 5.73. The number of nitrogens with two attached hydrogens (primary N) is 1. The van der Waals surface area contributed by atoms with Crippen molar-refractivity contribution in [2.75, 3.05) is 26.4 Å². The Labute approximate surface area is 287 Å². The Balaban J connectivity index is 4.23. The molecule has 2 atom stereocenters. The molecular formula is C37H70NO8P. The molecule has 1 unspecified atom stereocenters. The Bertz CT molecular complexity index is 835. The third kappa shape index (κ3) is 34.2. The second-order valence-electron chi connectivity index (χ2n) is 12.4. The van der Waals surface area contributed by atoms with E-state index in [1.54, 1.807) is 0 Å². The van der Waals surface area contributed by atoms with Crippen LogP contribution in [0.4, 0.5) is 0 Å². The maximum atomic E-state index is 12.5. The van der Waals surface area contributed by atoms with Gasteiger partial charge in [-0.15, -0.1) is 0 Å². The van der Waals surface area contributed by atoms with Crippen molar-refractivity contribution in [3.8, 4) is 0 Å². The van der Waals surface area contributed by atoms with Crippen molar-refractivity contribution in [3.05, 3.63) is 24.3 Å². The Hall–Kier alpha value is -1.51. The van der Waals surface area contributed by atoms with Crippen LogP contribution in [0.3, 0.4) is 0 Å². The lowest BCUT2D eigenvalue weighted by Gasteiger charge is -2.19. The van der Waals surface area contributed by atoms with Gasteiger partial charge in [-0.25, -0.2) is 4.57 Å². The molecule has 0 aliphatic carbocycles. The first-order chi connectivity index (χ1) is 22.8. The van der Waals surface area contributed by atoms with Crippen LogP contribution in [0.2, 0.25) is 0 Å². The maximum absolute atomic E-state index is 12.5. The van der Waals surface area contributed by atoms with Crippen LogP contribution >= 0.6 is 7.82 Å². The summed E-state index contributed by atoms with van der Waals surface area (Å²) in [6.07, 6.45) is 33.5. The molecule has 0 saturated carbocycles. The minimum atomic E-state index is -4.37. The molecule has 0 aromatic carbocycles. The molecule has 3 N–H and O–H groups in total. The number of allylic oxidation sites excluding steroid dienone is 4. The summed E-state index contributed by atoms with van der Waals surface area (Å²) in [4.78, 5) is 34.6. The predicted molar refractivity (Wildman–Crippen MR) is 192 cm³/mol. The van der Waals surface area contributed by atoms with Crippen molar-refractivity contribution in [1.82, 2.24) is 0 Å². The molecule has 0 saturated heterocycles. The molecule has 0 amide bonds. The number of hydrogen-bond donors (Lipinski definition) is 2. The lowest BCUT2D eigenvalue weighted by molar-refractivity contribution is -0.161. The molecule has 0 aromatic heterocycles. The average Bonchev–Trinajstić information content (AvgIpc) is 3.05. The van der Waals surface area contributed by atoms with Crippen molar-refractivity contribution < 1.29 is 37.6 Å². The van der Waals surface area contributed by atoms with Gasteiger partial charge in [0.25, 0.3) is 0 Å². The molecule has 47 heavy (non-hydrogen) atoms. The summed E-state index contributed by atoms with van der Waals surface area (Å²) in [5.41, 5.74) is 5.32. The van der Waals surface area contributed by atoms with Gasteiger partial charge in [-0.05, 0) is 57.8 Å². The zero-order valence-electron chi connectivity index (χ0n) is 30.0. The second-order valence-corrected chi connectivity index (χ2v) is 13.9. The van der Waals surface area contributed by atoms with Gasteiger partial charge in [-0.1, -0.05) is 122 Å². The van der Waals surface area contributed by atoms with E-state index < -0.39 is 32.5 Å². The molecule has 0 bridgehead atoms. The van der Waals surface area contributed by atoms with Gasteiger partial charge >= 0.3 is 19.8 Å². The quantitative estimate of drug-likeness (QED) is 0.0289. The van der Waals surface area contributed by atoms with E-state index in [1.807, 2.05) is 0 Å². The van der Waals surface area contributed by atoms with Crippen molar-refractivity contribution in [2.45, 2.75) is 174 Å². The fraction of sp³-hybridized carbons (Fsp3) is 0.838. The van der Waals surface area contributed by atoms with E-state index in [4.69, 9.17) is 24.3 Å². The van der Waals surface area contributed by atoms with Crippen LogP contribution in [0, 0.1) is 0 Å². The lowest BCUT2D eigenvalue weighted by atomic mass is 10.1. The van der Waals surface area contributed by atoms with E-state index in [1.165, 1.54) is 57.8 Å². The minimum absolute atomic E-state index is 0.0515. The first-order valence-electron chi connectivity index (χ1n) is 18.8. The molecule has 0 aliphatic heterocycles. The summed E-state index contributed by atoms with van der Waals surface area (Å²) >= 11 is 0. The summed E-state index contributed by atoms with van der Waals surface area (Å²) in [5, 5.41) is 0. The molecule has 0 aromatic rings. The topological polar surface area (TPSA) is 134 Å². The molecule has 0 fully saturated rings. The van der Waals surface area contributed by atoms with Crippen molar-refractivity contribution in [1.29, 1.82) is 0 Å². The van der Waals surface area contributed by atoms with Crippen LogP contribution in [-0.4, -0.2) is 49.3 Å². The summed E-state index contributed by atoms with van der Waals surface area (Å²) in [5.74, 6) is -0.850. The van der Waals surface area contributed by atoms with Gasteiger partial charge in [-0.2, -0.15) is 0 Å². The zero-order chi connectivity index (χ0) is 34.7. The van der Waals surface area contributed by atoms with E-state index in [0.717, 1.165) is 77.0 Å². The molecule has 0 spiro atoms. The predicted octanol–water partition coefficient (Wildman–Crippen LogP) is 10.0. The molecule has 0 rings (SSSR count). The zero-order valence-corrected chi connectivity index (χ0v) is 30.9. The van der Waals surface area contributed by atoms with E-state index in [-0.39, 0.29) is 32.6 Å². The third-order valence-corrected chi connectivity index (χ3v) is 8.79. The van der Waals surface area contributed by atoms with Gasteiger partial charge in [0, 0.05) is 19.4 Å². The van der Waals surface area contributed by atoms with E-state index >= 15 is 0 Å². The number of hydrogen-bond acceptors (Lipinski definition) is 8. The van der Waals surface area contributed by atoms with Crippen LogP contribution in [0.1, 0.15) is 168 Å². The number of unbranched alkanes of at least 4 members (excludes halogenated alkanes) is 18. The average molecular weight is 688 g/mol. The highest BCUT2D eigenvalue weighted by molar-refractivity contribution is 7.47. The van der Waals surface area contributed by atoms with Gasteiger partial charge in [0.05, 0.1) is 13.2 Å². The molecule has 0 radical (unpaired) electrons. The number of esters is 2. The van der Waals surface area contributed by atoms with Crippen LogP contribution < -0.4 is 5.73 Å². The van der Waals surface area contributed by atoms with Crippen molar-refractivity contribution >= 4 is 19.8 Å². The number of phosphoric acid groups is 1. The molecule has 10 heteroatoms. The number of rotatable bonds is 35. The Morgan fingerprint density at radius 1 is 0.617 bits per heavy atom. The number of phosphoric ester groups is 1. The van der Waals surface area contributed by atoms with Crippen LogP contribution in [-0.2, 0) is 32.7 Å². The number of ether oxygens (including phenoxy) is 2. The monoisotopic (exact) mass is 687 g/mol. The maximum Gasteiger partial charge on any atom is 0.472 e. The molecule has 0 aliphatic rings. The SMILES string of the molecule is CCCC/C=C\CCCCCCCC(=O)O[C@H](COC(=O)CCCCCCC/C=C\CCCCCCCC)COP(=O)(O)OCCN. The van der Waals surface area contributed by atoms with Crippen LogP contribution in [0.25, 0.3) is 0 Å². The summed E-state index contributed by atoms with van der Waals surface area (Å²) in [6, 6.07) is 0. The van der Waals surface area contributed by atoms with Gasteiger partial charge in [-0.3, -0.25) is 18.6 Å². The first-order valence-corrected chi connectivity index (χ1v) is 20.3. The summed E-state index contributed by atoms with van der Waals surface area (Å²) in [6.45, 7) is 3.65. The van der Waals surface area contributed by atoms with Gasteiger partial charge in [0.15, 0.2) is 6.10 Å². The minimum Gasteiger partial charge on any atom is -0.462 e. The smallest absolute Gasteiger partial charge is 0.462 e. The standard InChI is InChI=1S/C37H70NO8P/c1-3-5-7-9-11-13-15-16-17-18-20-21-23-25-27-29-36(39)43-33-35(34-45-47(41,42)44-32-31-38)46-37(40)30-28-26-24-22-19-14-12-10-8-6-4-2/h10,12,16-17,35H,3-9,11,13-15,18-34,38H2,1-2H3,(H,41,42)/b12-10-,17-16-/t35-/m1/s1. The number of carbonyl (C=O) groups is 2. The Morgan fingerprint density at radius 3 is 1.57 bits per heavy atom. The highest BCUT2D eigenvalue weighted by Crippen LogP contribution is 2.43. The highest BCUT2D eigenvalue weighted by Gasteiger charge is 2.25. The Morgan fingerprint density at radius 2 is 1.06 bits per heavy atom. The largest absolute Gasteiger partial charge is 0.472 e. The highest BCUT2D eigenvalue weighted by atomic mass is 31.2. The Kier molecular flexibility index (Phi) is 33.3. The molecule has 276 valence electrons. The van der Waals surface area contributed by atoms with Crippen molar-refractivity contribution in [2.24, 2.45) is 5.73 Å². The van der Waals surface area contributed by atoms with Crippen LogP contribution in [0.15, 0.2) is 24.3 Å². The van der Waals surface area contributed by atoms with E-state index in [2.05, 4.69) is 38.2 Å². The lowest BCUT2D eigenvalue weighted by Crippen LogP contribution is -2.29. The van der Waals surface area contributed by atoms with Crippen LogP contribution in [0.5, 0.6) is 0 Å². The molecular weight excluding hydrogens is 617 g/mol. The normalized spacial score (nSPS) is 13.7. The summed E-state index contributed by atoms with van der Waals surface area (Å²) in [7, 11) is -4.37. The molecule has 9 nitrogen and oxygen atoms in total.